The average molecular weight is 251 g/mol. The SMILES string of the molecule is CCNc1ccnc(CN2C(=O)CSC2=O)c1. The molecule has 0 bridgehead atoms. The fourth-order valence-corrected chi connectivity index (χ4v) is 2.30. The monoisotopic (exact) mass is 251 g/mol. The summed E-state index contributed by atoms with van der Waals surface area (Å²) in [6.07, 6.45) is 1.67. The third-order valence-electron chi connectivity index (χ3n) is 2.36. The zero-order chi connectivity index (χ0) is 12.3. The molecule has 90 valence electrons. The van der Waals surface area contributed by atoms with Crippen LogP contribution in [0.1, 0.15) is 12.6 Å². The van der Waals surface area contributed by atoms with Crippen LogP contribution < -0.4 is 5.32 Å². The number of amides is 2. The van der Waals surface area contributed by atoms with E-state index in [-0.39, 0.29) is 23.4 Å². The number of nitrogens with one attached hydrogen (secondary N) is 1. The summed E-state index contributed by atoms with van der Waals surface area (Å²) in [6, 6.07) is 3.71. The lowest BCUT2D eigenvalue weighted by Crippen LogP contribution is -2.28. The van der Waals surface area contributed by atoms with Gasteiger partial charge in [-0.05, 0) is 19.1 Å². The smallest absolute Gasteiger partial charge is 0.289 e. The Morgan fingerprint density at radius 2 is 2.35 bits per heavy atom. The van der Waals surface area contributed by atoms with Crippen LogP contribution in [-0.4, -0.2) is 33.3 Å². The number of hydrogen-bond donors (Lipinski definition) is 1. The molecule has 0 spiro atoms. The van der Waals surface area contributed by atoms with Crippen LogP contribution in [0.2, 0.25) is 0 Å². The van der Waals surface area contributed by atoms with Crippen molar-refractivity contribution in [1.82, 2.24) is 9.88 Å². The van der Waals surface area contributed by atoms with Crippen molar-refractivity contribution in [3.8, 4) is 0 Å². The van der Waals surface area contributed by atoms with E-state index in [1.165, 1.54) is 4.90 Å². The first-order valence-corrected chi connectivity index (χ1v) is 6.35. The number of carbonyl (C=O) groups excluding carboxylic acids is 2. The number of rotatable bonds is 4. The van der Waals surface area contributed by atoms with Gasteiger partial charge >= 0.3 is 0 Å². The van der Waals surface area contributed by atoms with Crippen molar-refractivity contribution in [1.29, 1.82) is 0 Å². The summed E-state index contributed by atoms with van der Waals surface area (Å²) in [6.45, 7) is 3.08. The number of thioether (sulfide) groups is 1. The minimum Gasteiger partial charge on any atom is -0.385 e. The highest BCUT2D eigenvalue weighted by molar-refractivity contribution is 8.14. The van der Waals surface area contributed by atoms with Crippen LogP contribution in [0.4, 0.5) is 10.5 Å². The molecule has 5 nitrogen and oxygen atoms in total. The van der Waals surface area contributed by atoms with Crippen LogP contribution in [0.25, 0.3) is 0 Å². The van der Waals surface area contributed by atoms with Crippen LogP contribution in [0, 0.1) is 0 Å². The molecular formula is C11H13N3O2S. The third kappa shape index (κ3) is 2.76. The Balaban J connectivity index is 2.10. The summed E-state index contributed by atoms with van der Waals surface area (Å²) in [4.78, 5) is 28.3. The lowest BCUT2D eigenvalue weighted by molar-refractivity contribution is -0.125. The maximum atomic E-state index is 11.4. The Hall–Kier alpha value is -1.56. The molecule has 2 amide bonds. The number of carbonyl (C=O) groups is 2. The number of imide groups is 1. The lowest BCUT2D eigenvalue weighted by Gasteiger charge is -2.12. The molecule has 1 N–H and O–H groups in total. The Morgan fingerprint density at radius 1 is 1.53 bits per heavy atom. The van der Waals surface area contributed by atoms with Gasteiger partial charge in [0.1, 0.15) is 0 Å². The minimum atomic E-state index is -0.189. The molecule has 0 unspecified atom stereocenters. The van der Waals surface area contributed by atoms with Gasteiger partial charge in [0.05, 0.1) is 18.0 Å². The molecule has 1 aliphatic rings. The van der Waals surface area contributed by atoms with Crippen molar-refractivity contribution in [2.45, 2.75) is 13.5 Å². The van der Waals surface area contributed by atoms with Crippen molar-refractivity contribution >= 4 is 28.6 Å². The van der Waals surface area contributed by atoms with Crippen molar-refractivity contribution in [2.24, 2.45) is 0 Å². The van der Waals surface area contributed by atoms with Crippen molar-refractivity contribution in [3.05, 3.63) is 24.0 Å². The minimum absolute atomic E-state index is 0.143. The van der Waals surface area contributed by atoms with Gasteiger partial charge in [0.25, 0.3) is 5.24 Å². The quantitative estimate of drug-likeness (QED) is 0.882. The molecule has 0 radical (unpaired) electrons. The van der Waals surface area contributed by atoms with Gasteiger partial charge < -0.3 is 5.32 Å². The zero-order valence-electron chi connectivity index (χ0n) is 9.47. The number of nitrogens with zero attached hydrogens (tertiary/aromatic N) is 2. The molecule has 0 saturated carbocycles. The molecule has 2 rings (SSSR count). The van der Waals surface area contributed by atoms with Crippen molar-refractivity contribution in [3.63, 3.8) is 0 Å². The molecule has 0 aliphatic carbocycles. The second-order valence-electron chi connectivity index (χ2n) is 3.60. The molecule has 1 saturated heterocycles. The van der Waals surface area contributed by atoms with Gasteiger partial charge in [-0.3, -0.25) is 19.5 Å². The van der Waals surface area contributed by atoms with E-state index in [1.54, 1.807) is 6.20 Å². The third-order valence-corrected chi connectivity index (χ3v) is 3.22. The highest BCUT2D eigenvalue weighted by atomic mass is 32.2. The zero-order valence-corrected chi connectivity index (χ0v) is 10.3. The molecule has 0 aromatic carbocycles. The maximum Gasteiger partial charge on any atom is 0.289 e. The van der Waals surface area contributed by atoms with Gasteiger partial charge in [-0.15, -0.1) is 0 Å². The van der Waals surface area contributed by atoms with E-state index in [0.717, 1.165) is 24.0 Å². The van der Waals surface area contributed by atoms with Gasteiger partial charge in [0.2, 0.25) is 5.91 Å². The number of aromatic nitrogens is 1. The summed E-state index contributed by atoms with van der Waals surface area (Å²) < 4.78 is 0. The topological polar surface area (TPSA) is 62.3 Å². The molecular weight excluding hydrogens is 238 g/mol. The molecule has 1 aliphatic heterocycles. The lowest BCUT2D eigenvalue weighted by atomic mass is 10.3. The normalized spacial score (nSPS) is 15.5. The molecule has 6 heteroatoms. The average Bonchev–Trinajstić information content (AvgIpc) is 2.62. The molecule has 1 aromatic rings. The first-order valence-electron chi connectivity index (χ1n) is 5.36. The predicted octanol–water partition coefficient (Wildman–Crippen LogP) is 1.71. The van der Waals surface area contributed by atoms with Crippen molar-refractivity contribution in [2.75, 3.05) is 17.6 Å². The van der Waals surface area contributed by atoms with Crippen LogP contribution in [-0.2, 0) is 11.3 Å². The largest absolute Gasteiger partial charge is 0.385 e. The van der Waals surface area contributed by atoms with Gasteiger partial charge in [-0.25, -0.2) is 0 Å². The standard InChI is InChI=1S/C11H13N3O2S/c1-2-12-8-3-4-13-9(5-8)6-14-10(15)7-17-11(14)16/h3-5H,2,6-7H2,1H3,(H,12,13). The van der Waals surface area contributed by atoms with E-state index in [4.69, 9.17) is 0 Å². The van der Waals surface area contributed by atoms with Gasteiger partial charge in [-0.1, -0.05) is 11.8 Å². The van der Waals surface area contributed by atoms with E-state index < -0.39 is 0 Å². The van der Waals surface area contributed by atoms with Gasteiger partial charge in [0, 0.05) is 18.4 Å². The molecule has 2 heterocycles. The summed E-state index contributed by atoms with van der Waals surface area (Å²) in [5, 5.41) is 2.97. The molecule has 1 aromatic heterocycles. The second-order valence-corrected chi connectivity index (χ2v) is 4.53. The molecule has 0 atom stereocenters. The first kappa shape index (κ1) is 11.9. The van der Waals surface area contributed by atoms with Crippen LogP contribution >= 0.6 is 11.8 Å². The van der Waals surface area contributed by atoms with Crippen LogP contribution in [0.3, 0.4) is 0 Å². The maximum absolute atomic E-state index is 11.4. The number of pyridine rings is 1. The Bertz CT molecular complexity index is 434. The fraction of sp³-hybridized carbons (Fsp3) is 0.364. The molecule has 1 fully saturated rings. The Morgan fingerprint density at radius 3 is 3.00 bits per heavy atom. The highest BCUT2D eigenvalue weighted by Gasteiger charge is 2.30. The number of anilines is 1. The van der Waals surface area contributed by atoms with Crippen LogP contribution in [0.5, 0.6) is 0 Å². The predicted molar refractivity (Wildman–Crippen MR) is 66.8 cm³/mol. The van der Waals surface area contributed by atoms with Gasteiger partial charge in [0.15, 0.2) is 0 Å². The van der Waals surface area contributed by atoms with E-state index in [9.17, 15) is 9.59 Å². The first-order chi connectivity index (χ1) is 8.20. The van der Waals surface area contributed by atoms with Crippen LogP contribution in [0.15, 0.2) is 18.3 Å². The van der Waals surface area contributed by atoms with E-state index >= 15 is 0 Å². The summed E-state index contributed by atoms with van der Waals surface area (Å²) >= 11 is 1.04. The summed E-state index contributed by atoms with van der Waals surface area (Å²) in [5.74, 6) is 0.0989. The van der Waals surface area contributed by atoms with Crippen molar-refractivity contribution < 1.29 is 9.59 Å². The second kappa shape index (κ2) is 5.18. The summed E-state index contributed by atoms with van der Waals surface area (Å²) in [5.41, 5.74) is 1.66. The van der Waals surface area contributed by atoms with E-state index in [0.29, 0.717) is 5.69 Å². The fourth-order valence-electron chi connectivity index (χ4n) is 1.57. The van der Waals surface area contributed by atoms with Gasteiger partial charge in [-0.2, -0.15) is 0 Å². The Kier molecular flexibility index (Phi) is 3.63. The summed E-state index contributed by atoms with van der Waals surface area (Å²) in [7, 11) is 0. The Labute approximate surface area is 104 Å². The molecule has 17 heavy (non-hydrogen) atoms. The number of hydrogen-bond acceptors (Lipinski definition) is 5. The van der Waals surface area contributed by atoms with E-state index in [1.807, 2.05) is 19.1 Å². The van der Waals surface area contributed by atoms with E-state index in [2.05, 4.69) is 10.3 Å². The highest BCUT2D eigenvalue weighted by Crippen LogP contribution is 2.21.